The van der Waals surface area contributed by atoms with Crippen LogP contribution < -0.4 is 0 Å². The molecule has 0 saturated carbocycles. The van der Waals surface area contributed by atoms with Crippen molar-refractivity contribution >= 4 is 11.9 Å². The molecule has 0 aliphatic rings. The molecule has 0 amide bonds. The first-order chi connectivity index (χ1) is 15.8. The summed E-state index contributed by atoms with van der Waals surface area (Å²) in [5.41, 5.74) is 5.24. The van der Waals surface area contributed by atoms with Crippen molar-refractivity contribution in [2.24, 2.45) is 0 Å². The zero-order valence-electron chi connectivity index (χ0n) is 20.0. The fourth-order valence-corrected chi connectivity index (χ4v) is 4.15. The topological polar surface area (TPSA) is 17.1 Å². The van der Waals surface area contributed by atoms with Crippen LogP contribution in [0.5, 0.6) is 0 Å². The Morgan fingerprint density at radius 1 is 0.818 bits per heavy atom. The van der Waals surface area contributed by atoms with Gasteiger partial charge in [-0.1, -0.05) is 99.0 Å². The van der Waals surface area contributed by atoms with E-state index in [1.165, 1.54) is 5.56 Å². The van der Waals surface area contributed by atoms with Crippen LogP contribution in [0.2, 0.25) is 0 Å². The number of alkyl halides is 3. The highest BCUT2D eigenvalue weighted by molar-refractivity contribution is 6.07. The van der Waals surface area contributed by atoms with Crippen LogP contribution in [0, 0.1) is 13.8 Å². The molecule has 0 unspecified atom stereocenters. The lowest BCUT2D eigenvalue weighted by molar-refractivity contribution is -0.135. The Labute approximate surface area is 197 Å². The highest BCUT2D eigenvalue weighted by Gasteiger charge is 2.25. The Morgan fingerprint density at radius 3 is 2.06 bits per heavy atom. The minimum absolute atomic E-state index is 0.0284. The number of benzene rings is 2. The van der Waals surface area contributed by atoms with Gasteiger partial charge in [0.15, 0.2) is 5.78 Å². The van der Waals surface area contributed by atoms with Crippen LogP contribution in [-0.2, 0) is 6.42 Å². The lowest BCUT2D eigenvalue weighted by Crippen LogP contribution is -2.06. The Balaban J connectivity index is 1.68. The number of rotatable bonds is 14. The molecule has 1 nitrogen and oxygen atoms in total. The monoisotopic (exact) mass is 458 g/mol. The Morgan fingerprint density at radius 2 is 1.42 bits per heavy atom. The summed E-state index contributed by atoms with van der Waals surface area (Å²) in [6.07, 6.45) is 8.43. The first-order valence-corrected chi connectivity index (χ1v) is 12.2. The first-order valence-electron chi connectivity index (χ1n) is 12.2. The van der Waals surface area contributed by atoms with Crippen molar-refractivity contribution in [2.45, 2.75) is 90.7 Å². The van der Waals surface area contributed by atoms with E-state index in [9.17, 15) is 18.0 Å². The van der Waals surface area contributed by atoms with E-state index in [2.05, 4.69) is 12.1 Å². The molecule has 33 heavy (non-hydrogen) atoms. The number of aryl methyl sites for hydroxylation is 3. The third kappa shape index (κ3) is 10.9. The Kier molecular flexibility index (Phi) is 11.4. The van der Waals surface area contributed by atoms with Crippen molar-refractivity contribution in [1.82, 2.24) is 0 Å². The van der Waals surface area contributed by atoms with Gasteiger partial charge in [-0.3, -0.25) is 4.79 Å². The molecule has 0 spiro atoms. The Bertz CT molecular complexity index is 896. The molecule has 180 valence electrons. The van der Waals surface area contributed by atoms with Crippen LogP contribution in [0.25, 0.3) is 6.08 Å². The molecule has 0 heterocycles. The maximum Gasteiger partial charge on any atom is 0.389 e. The van der Waals surface area contributed by atoms with E-state index in [-0.39, 0.29) is 12.2 Å². The van der Waals surface area contributed by atoms with Crippen molar-refractivity contribution < 1.29 is 18.0 Å². The SMILES string of the molecule is Cc1ccc(C(=O)/C=C/c2ccccc2CCCCCCCCCCCC(F)(F)F)c(C)c1. The van der Waals surface area contributed by atoms with Crippen molar-refractivity contribution in [1.29, 1.82) is 0 Å². The second-order valence-corrected chi connectivity index (χ2v) is 9.01. The lowest BCUT2D eigenvalue weighted by Gasteiger charge is -2.07. The predicted octanol–water partition coefficient (Wildman–Crippen LogP) is 9.21. The summed E-state index contributed by atoms with van der Waals surface area (Å²) in [5, 5.41) is 0. The summed E-state index contributed by atoms with van der Waals surface area (Å²) < 4.78 is 36.3. The maximum atomic E-state index is 12.6. The molecule has 0 bridgehead atoms. The van der Waals surface area contributed by atoms with E-state index in [1.807, 2.05) is 50.3 Å². The molecule has 0 aliphatic carbocycles. The summed E-state index contributed by atoms with van der Waals surface area (Å²) >= 11 is 0. The molecule has 0 aliphatic heterocycles. The molecule has 4 heteroatoms. The summed E-state index contributed by atoms with van der Waals surface area (Å²) in [7, 11) is 0. The number of halogens is 3. The van der Waals surface area contributed by atoms with Gasteiger partial charge in [0, 0.05) is 12.0 Å². The maximum absolute atomic E-state index is 12.6. The molecule has 2 aromatic carbocycles. The van der Waals surface area contributed by atoms with Gasteiger partial charge in [-0.2, -0.15) is 13.2 Å². The summed E-state index contributed by atoms with van der Waals surface area (Å²) in [6, 6.07) is 14.1. The fourth-order valence-electron chi connectivity index (χ4n) is 4.15. The predicted molar refractivity (Wildman–Crippen MR) is 132 cm³/mol. The minimum atomic E-state index is -4.01. The van der Waals surface area contributed by atoms with Gasteiger partial charge in [-0.05, 0) is 55.9 Å². The Hall–Kier alpha value is -2.36. The molecule has 2 aromatic rings. The molecular weight excluding hydrogens is 421 g/mol. The largest absolute Gasteiger partial charge is 0.389 e. The summed E-state index contributed by atoms with van der Waals surface area (Å²) in [6.45, 7) is 3.99. The van der Waals surface area contributed by atoms with Crippen molar-refractivity contribution in [3.8, 4) is 0 Å². The van der Waals surface area contributed by atoms with Gasteiger partial charge in [0.05, 0.1) is 0 Å². The number of carbonyl (C=O) groups is 1. The third-order valence-corrected chi connectivity index (χ3v) is 6.02. The van der Waals surface area contributed by atoms with E-state index >= 15 is 0 Å². The van der Waals surface area contributed by atoms with Crippen LogP contribution in [0.1, 0.15) is 96.8 Å². The average Bonchev–Trinajstić information content (AvgIpc) is 2.75. The first kappa shape index (κ1) is 26.9. The minimum Gasteiger partial charge on any atom is -0.289 e. The fraction of sp³-hybridized carbons (Fsp3) is 0.483. The lowest BCUT2D eigenvalue weighted by atomic mass is 9.98. The van der Waals surface area contributed by atoms with E-state index in [4.69, 9.17) is 0 Å². The van der Waals surface area contributed by atoms with Crippen molar-refractivity contribution in [3.63, 3.8) is 0 Å². The standard InChI is InChI=1S/C29H37F3O/c1-23-17-19-27(24(2)22-23)28(33)20-18-26-16-12-11-15-25(26)14-10-8-6-4-3-5-7-9-13-21-29(30,31)32/h11-12,15-20,22H,3-10,13-14,21H2,1-2H3/b20-18+. The number of allylic oxidation sites excluding steroid dienone is 1. The highest BCUT2D eigenvalue weighted by atomic mass is 19.4. The van der Waals surface area contributed by atoms with Gasteiger partial charge in [0.2, 0.25) is 0 Å². The molecule has 0 N–H and O–H groups in total. The van der Waals surface area contributed by atoms with Gasteiger partial charge in [0.1, 0.15) is 0 Å². The average molecular weight is 459 g/mol. The number of ketones is 1. The van der Waals surface area contributed by atoms with Crippen LogP contribution in [0.15, 0.2) is 48.5 Å². The van der Waals surface area contributed by atoms with Crippen LogP contribution >= 0.6 is 0 Å². The molecule has 2 rings (SSSR count). The van der Waals surface area contributed by atoms with Gasteiger partial charge < -0.3 is 0 Å². The van der Waals surface area contributed by atoms with Gasteiger partial charge in [0.25, 0.3) is 0 Å². The quantitative estimate of drug-likeness (QED) is 0.157. The van der Waals surface area contributed by atoms with Crippen LogP contribution in [0.3, 0.4) is 0 Å². The zero-order valence-corrected chi connectivity index (χ0v) is 20.0. The normalized spacial score (nSPS) is 11.9. The van der Waals surface area contributed by atoms with E-state index < -0.39 is 12.6 Å². The van der Waals surface area contributed by atoms with Crippen molar-refractivity contribution in [2.75, 3.05) is 0 Å². The zero-order chi connectivity index (χ0) is 24.1. The third-order valence-electron chi connectivity index (χ3n) is 6.02. The van der Waals surface area contributed by atoms with Gasteiger partial charge >= 0.3 is 6.18 Å². The van der Waals surface area contributed by atoms with E-state index in [0.29, 0.717) is 6.42 Å². The smallest absolute Gasteiger partial charge is 0.289 e. The number of hydrogen-bond acceptors (Lipinski definition) is 1. The number of hydrogen-bond donors (Lipinski definition) is 0. The second kappa shape index (κ2) is 14.0. The number of unbranched alkanes of at least 4 members (excludes halogenated alkanes) is 8. The van der Waals surface area contributed by atoms with Gasteiger partial charge in [-0.25, -0.2) is 0 Å². The molecule has 0 saturated heterocycles. The summed E-state index contributed by atoms with van der Waals surface area (Å²) in [4.78, 5) is 12.6. The molecular formula is C29H37F3O. The molecule has 0 fully saturated rings. The van der Waals surface area contributed by atoms with E-state index in [1.54, 1.807) is 6.08 Å². The van der Waals surface area contributed by atoms with Crippen LogP contribution in [-0.4, -0.2) is 12.0 Å². The second-order valence-electron chi connectivity index (χ2n) is 9.01. The van der Waals surface area contributed by atoms with E-state index in [0.717, 1.165) is 73.6 Å². The number of carbonyl (C=O) groups excluding carboxylic acids is 1. The molecule has 0 radical (unpaired) electrons. The van der Waals surface area contributed by atoms with Crippen molar-refractivity contribution in [3.05, 3.63) is 76.4 Å². The molecule has 0 atom stereocenters. The highest BCUT2D eigenvalue weighted by Crippen LogP contribution is 2.23. The summed E-state index contributed by atoms with van der Waals surface area (Å²) in [5.74, 6) is 0.0284. The van der Waals surface area contributed by atoms with Crippen LogP contribution in [0.4, 0.5) is 13.2 Å². The van der Waals surface area contributed by atoms with Gasteiger partial charge in [-0.15, -0.1) is 0 Å². The molecule has 0 aromatic heterocycles.